The van der Waals surface area contributed by atoms with Crippen LogP contribution in [-0.4, -0.2) is 52.3 Å². The molecule has 1 N–H and O–H groups in total. The molecule has 2 aliphatic rings. The Kier molecular flexibility index (Phi) is 6.30. The van der Waals surface area contributed by atoms with Crippen LogP contribution in [0.2, 0.25) is 0 Å². The van der Waals surface area contributed by atoms with E-state index in [2.05, 4.69) is 34.4 Å². The largest absolute Gasteiger partial charge is 0.442 e. The fourth-order valence-corrected chi connectivity index (χ4v) is 4.45. The third kappa shape index (κ3) is 5.11. The molecular weight excluding hydrogens is 420 g/mol. The second-order valence-corrected chi connectivity index (χ2v) is 9.87. The number of ether oxygens (including phenoxy) is 2. The van der Waals surface area contributed by atoms with Crippen LogP contribution in [0.1, 0.15) is 58.9 Å². The monoisotopic (exact) mass is 452 g/mol. The molecule has 0 amide bonds. The lowest BCUT2D eigenvalue weighted by Gasteiger charge is -2.35. The standard InChI is InChI=1S/C24H32N6O3/c1-17-15-32-12-11-29(17)21-14-18(24(16-25)8-5-6-9-24)13-20(27-21)26-19-7-10-30(28-19)22(31)33-23(2,3)4/h7,10,13-14,17H,5-6,8-9,11-12,15H2,1-4H3,(H,26,27,28)/t17-/m1/s1. The van der Waals surface area contributed by atoms with Gasteiger partial charge in [-0.2, -0.15) is 9.94 Å². The van der Waals surface area contributed by atoms with Crippen LogP contribution < -0.4 is 10.2 Å². The summed E-state index contributed by atoms with van der Waals surface area (Å²) in [6.45, 7) is 9.56. The van der Waals surface area contributed by atoms with E-state index in [1.807, 2.05) is 26.8 Å². The summed E-state index contributed by atoms with van der Waals surface area (Å²) in [5.41, 5.74) is -0.136. The Morgan fingerprint density at radius 1 is 1.30 bits per heavy atom. The van der Waals surface area contributed by atoms with E-state index in [9.17, 15) is 10.1 Å². The molecule has 1 saturated carbocycles. The second kappa shape index (κ2) is 9.02. The van der Waals surface area contributed by atoms with Crippen LogP contribution >= 0.6 is 0 Å². The summed E-state index contributed by atoms with van der Waals surface area (Å²) in [4.78, 5) is 19.4. The number of carbonyl (C=O) groups is 1. The van der Waals surface area contributed by atoms with Crippen LogP contribution in [0.3, 0.4) is 0 Å². The maximum Gasteiger partial charge on any atom is 0.435 e. The summed E-state index contributed by atoms with van der Waals surface area (Å²) in [6, 6.07) is 8.47. The van der Waals surface area contributed by atoms with Gasteiger partial charge in [-0.1, -0.05) is 12.8 Å². The fourth-order valence-electron chi connectivity index (χ4n) is 4.45. The van der Waals surface area contributed by atoms with Gasteiger partial charge < -0.3 is 19.7 Å². The Balaban J connectivity index is 1.65. The van der Waals surface area contributed by atoms with Gasteiger partial charge in [0.1, 0.15) is 17.2 Å². The Labute approximate surface area is 194 Å². The number of morpholine rings is 1. The van der Waals surface area contributed by atoms with Gasteiger partial charge in [0, 0.05) is 18.8 Å². The highest BCUT2D eigenvalue weighted by molar-refractivity contribution is 5.71. The van der Waals surface area contributed by atoms with E-state index in [0.717, 1.165) is 48.3 Å². The molecule has 0 unspecified atom stereocenters. The third-order valence-electron chi connectivity index (χ3n) is 6.12. The van der Waals surface area contributed by atoms with Crippen molar-refractivity contribution < 1.29 is 14.3 Å². The molecule has 1 aliphatic carbocycles. The number of nitriles is 1. The molecule has 0 aromatic carbocycles. The highest BCUT2D eigenvalue weighted by Gasteiger charge is 2.37. The average Bonchev–Trinajstić information content (AvgIpc) is 3.43. The molecule has 1 aliphatic heterocycles. The molecule has 2 aromatic rings. The summed E-state index contributed by atoms with van der Waals surface area (Å²) in [5.74, 6) is 1.89. The first-order chi connectivity index (χ1) is 15.7. The number of anilines is 3. The quantitative estimate of drug-likeness (QED) is 0.729. The van der Waals surface area contributed by atoms with Gasteiger partial charge in [0.25, 0.3) is 0 Å². The maximum absolute atomic E-state index is 12.3. The Hall–Kier alpha value is -3.12. The zero-order valence-corrected chi connectivity index (χ0v) is 19.8. The molecule has 2 aromatic heterocycles. The number of nitrogens with zero attached hydrogens (tertiary/aromatic N) is 5. The normalized spacial score (nSPS) is 20.3. The van der Waals surface area contributed by atoms with Gasteiger partial charge in [0.2, 0.25) is 0 Å². The molecule has 0 bridgehead atoms. The second-order valence-electron chi connectivity index (χ2n) is 9.87. The number of aromatic nitrogens is 3. The molecule has 3 heterocycles. The van der Waals surface area contributed by atoms with Crippen molar-refractivity contribution in [2.45, 2.75) is 70.4 Å². The van der Waals surface area contributed by atoms with E-state index < -0.39 is 17.1 Å². The average molecular weight is 453 g/mol. The highest BCUT2D eigenvalue weighted by atomic mass is 16.6. The van der Waals surface area contributed by atoms with Crippen molar-refractivity contribution >= 4 is 23.5 Å². The molecule has 0 spiro atoms. The van der Waals surface area contributed by atoms with E-state index in [1.54, 1.807) is 12.3 Å². The summed E-state index contributed by atoms with van der Waals surface area (Å²) in [5, 5.41) is 17.6. The first-order valence-corrected chi connectivity index (χ1v) is 11.5. The Morgan fingerprint density at radius 3 is 2.73 bits per heavy atom. The minimum atomic E-state index is -0.608. The van der Waals surface area contributed by atoms with Crippen LogP contribution in [-0.2, 0) is 14.9 Å². The van der Waals surface area contributed by atoms with Crippen molar-refractivity contribution in [3.63, 3.8) is 0 Å². The summed E-state index contributed by atoms with van der Waals surface area (Å²) < 4.78 is 12.1. The van der Waals surface area contributed by atoms with E-state index in [0.29, 0.717) is 24.8 Å². The lowest BCUT2D eigenvalue weighted by atomic mass is 9.80. The molecular formula is C24H32N6O3. The van der Waals surface area contributed by atoms with Crippen molar-refractivity contribution in [1.82, 2.24) is 14.8 Å². The number of hydrogen-bond donors (Lipinski definition) is 1. The molecule has 9 heteroatoms. The molecule has 1 atom stereocenters. The zero-order chi connectivity index (χ0) is 23.6. The predicted octanol–water partition coefficient (Wildman–Crippen LogP) is 4.37. The lowest BCUT2D eigenvalue weighted by Crippen LogP contribution is -2.44. The van der Waals surface area contributed by atoms with Crippen LogP contribution in [0.5, 0.6) is 0 Å². The molecule has 9 nitrogen and oxygen atoms in total. The number of rotatable bonds is 4. The Morgan fingerprint density at radius 2 is 2.06 bits per heavy atom. The van der Waals surface area contributed by atoms with E-state index in [4.69, 9.17) is 14.5 Å². The van der Waals surface area contributed by atoms with Gasteiger partial charge >= 0.3 is 6.09 Å². The first-order valence-electron chi connectivity index (χ1n) is 11.5. The minimum Gasteiger partial charge on any atom is -0.442 e. The smallest absolute Gasteiger partial charge is 0.435 e. The molecule has 176 valence electrons. The van der Waals surface area contributed by atoms with E-state index >= 15 is 0 Å². The SMILES string of the molecule is C[C@@H]1COCCN1c1cc(C2(C#N)CCCC2)cc(Nc2ccn(C(=O)OC(C)(C)C)n2)n1. The van der Waals surface area contributed by atoms with Crippen LogP contribution in [0.25, 0.3) is 0 Å². The maximum atomic E-state index is 12.3. The topological polar surface area (TPSA) is 105 Å². The summed E-state index contributed by atoms with van der Waals surface area (Å²) >= 11 is 0. The lowest BCUT2D eigenvalue weighted by molar-refractivity contribution is 0.0515. The molecule has 4 rings (SSSR count). The number of nitrogens with one attached hydrogen (secondary N) is 1. The van der Waals surface area contributed by atoms with Gasteiger partial charge in [-0.25, -0.2) is 9.78 Å². The van der Waals surface area contributed by atoms with Crippen molar-refractivity contribution in [2.24, 2.45) is 0 Å². The number of pyridine rings is 1. The van der Waals surface area contributed by atoms with Gasteiger partial charge in [-0.3, -0.25) is 0 Å². The molecule has 1 saturated heterocycles. The van der Waals surface area contributed by atoms with Crippen LogP contribution in [0, 0.1) is 11.3 Å². The number of hydrogen-bond acceptors (Lipinski definition) is 8. The third-order valence-corrected chi connectivity index (χ3v) is 6.12. The number of carbonyl (C=O) groups excluding carboxylic acids is 1. The van der Waals surface area contributed by atoms with Crippen molar-refractivity contribution in [3.05, 3.63) is 30.0 Å². The van der Waals surface area contributed by atoms with Crippen molar-refractivity contribution in [1.29, 1.82) is 5.26 Å². The Bertz CT molecular complexity index is 1050. The highest BCUT2D eigenvalue weighted by Crippen LogP contribution is 2.42. The van der Waals surface area contributed by atoms with Crippen molar-refractivity contribution in [2.75, 3.05) is 30.0 Å². The van der Waals surface area contributed by atoms with Gasteiger partial charge in [-0.05, 0) is 58.2 Å². The molecule has 0 radical (unpaired) electrons. The summed E-state index contributed by atoms with van der Waals surface area (Å²) in [6.07, 6.45) is 4.79. The van der Waals surface area contributed by atoms with Gasteiger partial charge in [-0.15, -0.1) is 5.10 Å². The van der Waals surface area contributed by atoms with Gasteiger partial charge in [0.15, 0.2) is 5.82 Å². The first kappa shape index (κ1) is 23.1. The fraction of sp³-hybridized carbons (Fsp3) is 0.583. The van der Waals surface area contributed by atoms with E-state index in [-0.39, 0.29) is 6.04 Å². The minimum absolute atomic E-state index is 0.183. The van der Waals surface area contributed by atoms with Crippen molar-refractivity contribution in [3.8, 4) is 6.07 Å². The van der Waals surface area contributed by atoms with Crippen LogP contribution in [0.15, 0.2) is 24.4 Å². The zero-order valence-electron chi connectivity index (χ0n) is 19.8. The molecule has 33 heavy (non-hydrogen) atoms. The summed E-state index contributed by atoms with van der Waals surface area (Å²) in [7, 11) is 0. The van der Waals surface area contributed by atoms with E-state index in [1.165, 1.54) is 0 Å². The van der Waals surface area contributed by atoms with Crippen LogP contribution in [0.4, 0.5) is 22.2 Å². The predicted molar refractivity (Wildman–Crippen MR) is 125 cm³/mol. The molecule has 2 fully saturated rings. The van der Waals surface area contributed by atoms with Gasteiger partial charge in [0.05, 0.1) is 30.7 Å².